The van der Waals surface area contributed by atoms with Crippen molar-refractivity contribution in [1.82, 2.24) is 0 Å². The van der Waals surface area contributed by atoms with E-state index < -0.39 is 11.8 Å². The number of benzene rings is 1. The lowest BCUT2D eigenvalue weighted by Crippen LogP contribution is -1.98. The van der Waals surface area contributed by atoms with Crippen LogP contribution in [0.15, 0.2) is 18.2 Å². The second-order valence-corrected chi connectivity index (χ2v) is 2.16. The molecule has 12 heavy (non-hydrogen) atoms. The van der Waals surface area contributed by atoms with E-state index in [4.69, 9.17) is 5.11 Å². The van der Waals surface area contributed by atoms with Gasteiger partial charge in [0.05, 0.1) is 11.1 Å². The molecule has 62 valence electrons. The van der Waals surface area contributed by atoms with Crippen molar-refractivity contribution in [3.8, 4) is 0 Å². The van der Waals surface area contributed by atoms with E-state index in [1.54, 1.807) is 0 Å². The van der Waals surface area contributed by atoms with Gasteiger partial charge in [-0.1, -0.05) is 0 Å². The van der Waals surface area contributed by atoms with Crippen LogP contribution >= 0.6 is 0 Å². The van der Waals surface area contributed by atoms with Gasteiger partial charge in [0.25, 0.3) is 0 Å². The smallest absolute Gasteiger partial charge is 0.335 e. The summed E-state index contributed by atoms with van der Waals surface area (Å²) in [5.41, 5.74) is -0.307. The van der Waals surface area contributed by atoms with Crippen LogP contribution < -0.4 is 0 Å². The van der Waals surface area contributed by atoms with Crippen LogP contribution in [0.3, 0.4) is 0 Å². The van der Waals surface area contributed by atoms with Crippen molar-refractivity contribution in [3.63, 3.8) is 0 Å². The lowest BCUT2D eigenvalue weighted by Gasteiger charge is -1.95. The molecule has 1 N–H and O–H groups in total. The average Bonchev–Trinajstić information content (AvgIpc) is 2.04. The molecule has 0 aliphatic heterocycles. The Morgan fingerprint density at radius 1 is 1.50 bits per heavy atom. The first kappa shape index (κ1) is 8.39. The summed E-state index contributed by atoms with van der Waals surface area (Å²) in [7, 11) is 0. The summed E-state index contributed by atoms with van der Waals surface area (Å²) in [4.78, 5) is 20.4. The van der Waals surface area contributed by atoms with Gasteiger partial charge in [0.1, 0.15) is 5.82 Å². The Labute approximate surface area is 67.4 Å². The molecule has 1 aromatic rings. The lowest BCUT2D eigenvalue weighted by molar-refractivity contribution is 0.0696. The fourth-order valence-corrected chi connectivity index (χ4v) is 0.756. The van der Waals surface area contributed by atoms with Gasteiger partial charge in [-0.2, -0.15) is 0 Å². The highest BCUT2D eigenvalue weighted by Crippen LogP contribution is 2.08. The van der Waals surface area contributed by atoms with Crippen LogP contribution in [0, 0.1) is 5.82 Å². The summed E-state index contributed by atoms with van der Waals surface area (Å²) < 4.78 is 12.7. The third kappa shape index (κ3) is 1.47. The highest BCUT2D eigenvalue weighted by Gasteiger charge is 2.06. The fourth-order valence-electron chi connectivity index (χ4n) is 0.756. The molecule has 0 radical (unpaired) electrons. The van der Waals surface area contributed by atoms with Crippen molar-refractivity contribution in [2.75, 3.05) is 0 Å². The normalized spacial score (nSPS) is 9.42. The van der Waals surface area contributed by atoms with E-state index >= 15 is 0 Å². The van der Waals surface area contributed by atoms with Gasteiger partial charge in [-0.05, 0) is 18.2 Å². The molecule has 0 saturated heterocycles. The SMILES string of the molecule is O=Cc1ccc(C(=O)O)cc1F. The highest BCUT2D eigenvalue weighted by atomic mass is 19.1. The van der Waals surface area contributed by atoms with E-state index in [1.165, 1.54) is 6.07 Å². The van der Waals surface area contributed by atoms with Gasteiger partial charge in [-0.15, -0.1) is 0 Å². The van der Waals surface area contributed by atoms with Crippen LogP contribution in [-0.2, 0) is 0 Å². The van der Waals surface area contributed by atoms with Crippen LogP contribution in [-0.4, -0.2) is 17.4 Å². The van der Waals surface area contributed by atoms with Crippen LogP contribution in [0.2, 0.25) is 0 Å². The molecule has 0 unspecified atom stereocenters. The summed E-state index contributed by atoms with van der Waals surface area (Å²) in [6, 6.07) is 3.12. The van der Waals surface area contributed by atoms with E-state index in [0.29, 0.717) is 6.29 Å². The average molecular weight is 168 g/mol. The zero-order chi connectivity index (χ0) is 9.14. The summed E-state index contributed by atoms with van der Waals surface area (Å²) >= 11 is 0. The standard InChI is InChI=1S/C8H5FO3/c9-7-3-5(8(11)12)1-2-6(7)4-10/h1-4H,(H,11,12). The number of rotatable bonds is 2. The van der Waals surface area contributed by atoms with Gasteiger partial charge in [0.2, 0.25) is 0 Å². The van der Waals surface area contributed by atoms with Crippen molar-refractivity contribution < 1.29 is 19.1 Å². The van der Waals surface area contributed by atoms with E-state index in [9.17, 15) is 14.0 Å². The van der Waals surface area contributed by atoms with Crippen LogP contribution in [0.5, 0.6) is 0 Å². The Bertz CT molecular complexity index is 333. The maximum absolute atomic E-state index is 12.7. The Morgan fingerprint density at radius 3 is 2.58 bits per heavy atom. The molecule has 0 amide bonds. The molecule has 0 saturated carbocycles. The van der Waals surface area contributed by atoms with Gasteiger partial charge in [0, 0.05) is 0 Å². The Morgan fingerprint density at radius 2 is 2.17 bits per heavy atom. The number of halogens is 1. The van der Waals surface area contributed by atoms with Gasteiger partial charge in [0.15, 0.2) is 6.29 Å². The van der Waals surface area contributed by atoms with Crippen LogP contribution in [0.25, 0.3) is 0 Å². The molecule has 0 bridgehead atoms. The minimum atomic E-state index is -1.22. The summed E-state index contributed by atoms with van der Waals surface area (Å²) in [6.07, 6.45) is 0.334. The maximum Gasteiger partial charge on any atom is 0.335 e. The van der Waals surface area contributed by atoms with E-state index in [2.05, 4.69) is 0 Å². The number of hydrogen-bond acceptors (Lipinski definition) is 2. The Balaban J connectivity index is 3.18. The van der Waals surface area contributed by atoms with Gasteiger partial charge in [-0.3, -0.25) is 4.79 Å². The largest absolute Gasteiger partial charge is 0.478 e. The van der Waals surface area contributed by atoms with Crippen molar-refractivity contribution in [2.24, 2.45) is 0 Å². The predicted octanol–water partition coefficient (Wildman–Crippen LogP) is 1.34. The molecule has 0 heterocycles. The predicted molar refractivity (Wildman–Crippen MR) is 38.7 cm³/mol. The number of hydrogen-bond donors (Lipinski definition) is 1. The molecule has 0 spiro atoms. The highest BCUT2D eigenvalue weighted by molar-refractivity contribution is 5.88. The number of aromatic carboxylic acids is 1. The van der Waals surface area contributed by atoms with Crippen molar-refractivity contribution in [2.45, 2.75) is 0 Å². The molecule has 0 aliphatic carbocycles. The van der Waals surface area contributed by atoms with E-state index in [1.807, 2.05) is 0 Å². The number of carbonyl (C=O) groups excluding carboxylic acids is 1. The van der Waals surface area contributed by atoms with Gasteiger partial charge < -0.3 is 5.11 Å². The van der Waals surface area contributed by atoms with Crippen molar-refractivity contribution in [3.05, 3.63) is 35.1 Å². The number of carboxylic acids is 1. The third-order valence-electron chi connectivity index (χ3n) is 1.37. The lowest BCUT2D eigenvalue weighted by atomic mass is 10.1. The molecule has 0 atom stereocenters. The Kier molecular flexibility index (Phi) is 2.19. The van der Waals surface area contributed by atoms with Gasteiger partial charge >= 0.3 is 5.97 Å². The first-order chi connectivity index (χ1) is 5.65. The molecular formula is C8H5FO3. The minimum absolute atomic E-state index is 0.139. The monoisotopic (exact) mass is 168 g/mol. The van der Waals surface area contributed by atoms with Crippen molar-refractivity contribution >= 4 is 12.3 Å². The summed E-state index contributed by atoms with van der Waals surface area (Å²) in [5, 5.41) is 8.42. The zero-order valence-corrected chi connectivity index (χ0v) is 5.95. The molecule has 4 heteroatoms. The zero-order valence-electron chi connectivity index (χ0n) is 5.95. The molecule has 1 rings (SSSR count). The molecule has 1 aromatic carbocycles. The van der Waals surface area contributed by atoms with E-state index in [-0.39, 0.29) is 11.1 Å². The third-order valence-corrected chi connectivity index (χ3v) is 1.37. The van der Waals surface area contributed by atoms with E-state index in [0.717, 1.165) is 12.1 Å². The fraction of sp³-hybridized carbons (Fsp3) is 0. The molecule has 0 aliphatic rings. The first-order valence-corrected chi connectivity index (χ1v) is 3.13. The second-order valence-electron chi connectivity index (χ2n) is 2.16. The van der Waals surface area contributed by atoms with Crippen LogP contribution in [0.4, 0.5) is 4.39 Å². The topological polar surface area (TPSA) is 54.4 Å². The Hall–Kier alpha value is -1.71. The number of carbonyl (C=O) groups is 2. The quantitative estimate of drug-likeness (QED) is 0.678. The summed E-state index contributed by atoms with van der Waals surface area (Å²) in [5.74, 6) is -2.03. The second kappa shape index (κ2) is 3.13. The minimum Gasteiger partial charge on any atom is -0.478 e. The number of aldehydes is 1. The van der Waals surface area contributed by atoms with Crippen molar-refractivity contribution in [1.29, 1.82) is 0 Å². The molecular weight excluding hydrogens is 163 g/mol. The molecule has 3 nitrogen and oxygen atoms in total. The maximum atomic E-state index is 12.7. The van der Waals surface area contributed by atoms with Crippen LogP contribution in [0.1, 0.15) is 20.7 Å². The summed E-state index contributed by atoms with van der Waals surface area (Å²) in [6.45, 7) is 0. The van der Waals surface area contributed by atoms with Gasteiger partial charge in [-0.25, -0.2) is 9.18 Å². The molecule has 0 aromatic heterocycles. The first-order valence-electron chi connectivity index (χ1n) is 3.13. The molecule has 0 fully saturated rings. The number of carboxylic acid groups (broad SMARTS) is 1.